The fourth-order valence-electron chi connectivity index (χ4n) is 3.20. The summed E-state index contributed by atoms with van der Waals surface area (Å²) in [7, 11) is 0. The Morgan fingerprint density at radius 3 is 2.73 bits per heavy atom. The minimum atomic E-state index is -0.374. The highest BCUT2D eigenvalue weighted by Crippen LogP contribution is 2.16. The molecule has 0 aliphatic carbocycles. The summed E-state index contributed by atoms with van der Waals surface area (Å²) < 4.78 is 19.2. The van der Waals surface area contributed by atoms with Gasteiger partial charge in [-0.3, -0.25) is 9.69 Å². The summed E-state index contributed by atoms with van der Waals surface area (Å²) in [6.45, 7) is 6.59. The molecule has 0 bridgehead atoms. The zero-order valence-corrected chi connectivity index (χ0v) is 15.2. The number of para-hydroxylation sites is 1. The minimum Gasteiger partial charge on any atom is -0.492 e. The molecule has 0 saturated carbocycles. The number of rotatable bonds is 5. The van der Waals surface area contributed by atoms with Crippen molar-refractivity contribution in [3.05, 3.63) is 65.5 Å². The lowest BCUT2D eigenvalue weighted by Crippen LogP contribution is -2.36. The predicted molar refractivity (Wildman–Crippen MR) is 100 cm³/mol. The number of halogens is 1. The smallest absolute Gasteiger partial charge is 0.254 e. The molecule has 3 rings (SSSR count). The predicted octanol–water partition coefficient (Wildman–Crippen LogP) is 3.36. The number of amides is 1. The molecule has 2 aromatic carbocycles. The third-order valence-electron chi connectivity index (χ3n) is 4.71. The van der Waals surface area contributed by atoms with E-state index in [1.165, 1.54) is 12.1 Å². The molecule has 0 radical (unpaired) electrons. The molecule has 1 saturated heterocycles. The van der Waals surface area contributed by atoms with Crippen LogP contribution >= 0.6 is 0 Å². The fraction of sp³-hybridized carbons (Fsp3) is 0.381. The molecule has 2 aromatic rings. The second-order valence-electron chi connectivity index (χ2n) is 6.61. The van der Waals surface area contributed by atoms with E-state index in [9.17, 15) is 9.18 Å². The first kappa shape index (κ1) is 18.4. The van der Waals surface area contributed by atoms with Gasteiger partial charge in [-0.05, 0) is 43.2 Å². The quantitative estimate of drug-likeness (QED) is 0.824. The highest BCUT2D eigenvalue weighted by Gasteiger charge is 2.20. The highest BCUT2D eigenvalue weighted by atomic mass is 19.1. The van der Waals surface area contributed by atoms with Crippen LogP contribution in [0.5, 0.6) is 5.75 Å². The summed E-state index contributed by atoms with van der Waals surface area (Å²) in [6, 6.07) is 13.9. The number of carbonyl (C=O) groups excluding carboxylic acids is 1. The molecule has 0 spiro atoms. The first-order valence-corrected chi connectivity index (χ1v) is 9.09. The van der Waals surface area contributed by atoms with Crippen molar-refractivity contribution in [3.63, 3.8) is 0 Å². The van der Waals surface area contributed by atoms with Crippen molar-refractivity contribution in [1.29, 1.82) is 0 Å². The summed E-state index contributed by atoms with van der Waals surface area (Å²) >= 11 is 0. The van der Waals surface area contributed by atoms with Crippen molar-refractivity contribution in [1.82, 2.24) is 9.80 Å². The maximum atomic E-state index is 13.4. The zero-order valence-electron chi connectivity index (χ0n) is 15.2. The zero-order chi connectivity index (χ0) is 18.4. The summed E-state index contributed by atoms with van der Waals surface area (Å²) in [5, 5.41) is 0. The number of benzene rings is 2. The molecular weight excluding hydrogens is 331 g/mol. The Balaban J connectivity index is 1.49. The summed E-state index contributed by atoms with van der Waals surface area (Å²) in [5.74, 6) is 0.452. The van der Waals surface area contributed by atoms with Crippen LogP contribution in [-0.4, -0.2) is 55.0 Å². The molecule has 0 aromatic heterocycles. The molecule has 4 nitrogen and oxygen atoms in total. The second kappa shape index (κ2) is 8.81. The normalized spacial score (nSPS) is 15.5. The molecule has 1 heterocycles. The van der Waals surface area contributed by atoms with E-state index in [1.54, 1.807) is 12.1 Å². The molecular formula is C21H25FN2O2. The van der Waals surface area contributed by atoms with E-state index >= 15 is 0 Å². The van der Waals surface area contributed by atoms with E-state index in [4.69, 9.17) is 4.74 Å². The molecule has 1 amide bonds. The van der Waals surface area contributed by atoms with Gasteiger partial charge in [-0.1, -0.05) is 24.3 Å². The van der Waals surface area contributed by atoms with E-state index < -0.39 is 0 Å². The van der Waals surface area contributed by atoms with Crippen LogP contribution < -0.4 is 4.74 Å². The first-order valence-electron chi connectivity index (χ1n) is 9.09. The average Bonchev–Trinajstić information content (AvgIpc) is 2.88. The van der Waals surface area contributed by atoms with Gasteiger partial charge in [0.1, 0.15) is 18.2 Å². The van der Waals surface area contributed by atoms with Gasteiger partial charge in [0.05, 0.1) is 0 Å². The van der Waals surface area contributed by atoms with Crippen LogP contribution in [-0.2, 0) is 0 Å². The minimum absolute atomic E-state index is 0.0949. The molecule has 1 fully saturated rings. The van der Waals surface area contributed by atoms with Gasteiger partial charge in [0.25, 0.3) is 5.91 Å². The van der Waals surface area contributed by atoms with Crippen LogP contribution in [0.1, 0.15) is 22.3 Å². The van der Waals surface area contributed by atoms with Crippen LogP contribution in [0.3, 0.4) is 0 Å². The van der Waals surface area contributed by atoms with Gasteiger partial charge < -0.3 is 9.64 Å². The van der Waals surface area contributed by atoms with Crippen LogP contribution in [0.25, 0.3) is 0 Å². The van der Waals surface area contributed by atoms with Gasteiger partial charge in [0.2, 0.25) is 0 Å². The van der Waals surface area contributed by atoms with Gasteiger partial charge in [-0.2, -0.15) is 0 Å². The van der Waals surface area contributed by atoms with E-state index in [2.05, 4.69) is 4.90 Å². The Kier molecular flexibility index (Phi) is 6.23. The topological polar surface area (TPSA) is 32.8 Å². The molecule has 1 aliphatic heterocycles. The highest BCUT2D eigenvalue weighted by molar-refractivity contribution is 5.94. The van der Waals surface area contributed by atoms with E-state index in [1.807, 2.05) is 36.1 Å². The monoisotopic (exact) mass is 356 g/mol. The maximum Gasteiger partial charge on any atom is 0.254 e. The van der Waals surface area contributed by atoms with Gasteiger partial charge in [0, 0.05) is 38.3 Å². The van der Waals surface area contributed by atoms with Crippen LogP contribution in [0, 0.1) is 12.7 Å². The number of aryl methyl sites for hydroxylation is 1. The largest absolute Gasteiger partial charge is 0.492 e. The average molecular weight is 356 g/mol. The Bertz CT molecular complexity index is 750. The van der Waals surface area contributed by atoms with Gasteiger partial charge >= 0.3 is 0 Å². The summed E-state index contributed by atoms with van der Waals surface area (Å²) in [5.41, 5.74) is 1.55. The van der Waals surface area contributed by atoms with Crippen molar-refractivity contribution < 1.29 is 13.9 Å². The lowest BCUT2D eigenvalue weighted by Gasteiger charge is -2.22. The molecule has 1 aliphatic rings. The third kappa shape index (κ3) is 4.82. The van der Waals surface area contributed by atoms with Gasteiger partial charge in [-0.25, -0.2) is 4.39 Å². The van der Waals surface area contributed by atoms with Crippen molar-refractivity contribution in [2.24, 2.45) is 0 Å². The molecule has 26 heavy (non-hydrogen) atoms. The van der Waals surface area contributed by atoms with Crippen molar-refractivity contribution >= 4 is 5.91 Å². The lowest BCUT2D eigenvalue weighted by atomic mass is 10.2. The van der Waals surface area contributed by atoms with Crippen molar-refractivity contribution in [2.75, 3.05) is 39.3 Å². The molecule has 0 N–H and O–H groups in total. The molecule has 0 unspecified atom stereocenters. The number of hydrogen-bond donors (Lipinski definition) is 0. The Hall–Kier alpha value is -2.40. The number of hydrogen-bond acceptors (Lipinski definition) is 3. The molecule has 5 heteroatoms. The maximum absolute atomic E-state index is 13.4. The number of carbonyl (C=O) groups is 1. The second-order valence-corrected chi connectivity index (χ2v) is 6.61. The Morgan fingerprint density at radius 1 is 1.08 bits per heavy atom. The molecule has 0 atom stereocenters. The SMILES string of the molecule is Cc1ccccc1OCCN1CCCN(C(=O)c2cccc(F)c2)CC1. The van der Waals surface area contributed by atoms with E-state index in [0.717, 1.165) is 37.4 Å². The van der Waals surface area contributed by atoms with Gasteiger partial charge in [0.15, 0.2) is 0 Å². The standard InChI is InChI=1S/C21H25FN2O2/c1-17-6-2-3-9-20(17)26-15-14-23-10-5-11-24(13-12-23)21(25)18-7-4-8-19(22)16-18/h2-4,6-9,16H,5,10-15H2,1H3. The number of ether oxygens (including phenoxy) is 1. The Morgan fingerprint density at radius 2 is 1.92 bits per heavy atom. The summed E-state index contributed by atoms with van der Waals surface area (Å²) in [6.07, 6.45) is 0.908. The van der Waals surface area contributed by atoms with E-state index in [0.29, 0.717) is 25.3 Å². The fourth-order valence-corrected chi connectivity index (χ4v) is 3.20. The van der Waals surface area contributed by atoms with Gasteiger partial charge in [-0.15, -0.1) is 0 Å². The first-order chi connectivity index (χ1) is 12.6. The Labute approximate surface area is 154 Å². The lowest BCUT2D eigenvalue weighted by molar-refractivity contribution is 0.0760. The van der Waals surface area contributed by atoms with Crippen molar-refractivity contribution in [2.45, 2.75) is 13.3 Å². The van der Waals surface area contributed by atoms with Crippen LogP contribution in [0.2, 0.25) is 0 Å². The van der Waals surface area contributed by atoms with Crippen LogP contribution in [0.4, 0.5) is 4.39 Å². The van der Waals surface area contributed by atoms with E-state index in [-0.39, 0.29) is 11.7 Å². The number of nitrogens with zero attached hydrogens (tertiary/aromatic N) is 2. The summed E-state index contributed by atoms with van der Waals surface area (Å²) in [4.78, 5) is 16.7. The van der Waals surface area contributed by atoms with Crippen LogP contribution in [0.15, 0.2) is 48.5 Å². The van der Waals surface area contributed by atoms with Crippen molar-refractivity contribution in [3.8, 4) is 5.75 Å². The third-order valence-corrected chi connectivity index (χ3v) is 4.71. The molecule has 138 valence electrons.